The van der Waals surface area contributed by atoms with E-state index in [1.54, 1.807) is 11.8 Å². The average molecular weight is 394 g/mol. The minimum atomic E-state index is -1.14. The van der Waals surface area contributed by atoms with Crippen LogP contribution in [0.5, 0.6) is 0 Å². The largest absolute Gasteiger partial charge is 0.384 e. The molecule has 0 spiro atoms. The first kappa shape index (κ1) is 21.9. The lowest BCUT2D eigenvalue weighted by atomic mass is 9.96. The van der Waals surface area contributed by atoms with Crippen molar-refractivity contribution in [2.75, 3.05) is 18.2 Å². The van der Waals surface area contributed by atoms with Gasteiger partial charge in [0.1, 0.15) is 6.10 Å². The summed E-state index contributed by atoms with van der Waals surface area (Å²) in [7, 11) is 0. The van der Waals surface area contributed by atoms with Gasteiger partial charge in [0.2, 0.25) is 5.91 Å². The van der Waals surface area contributed by atoms with E-state index < -0.39 is 18.2 Å². The fraction of sp³-hybridized carbons (Fsp3) is 0.600. The monoisotopic (exact) mass is 393 g/mol. The maximum absolute atomic E-state index is 12.1. The number of thioether (sulfide) groups is 1. The van der Waals surface area contributed by atoms with Gasteiger partial charge in [-0.2, -0.15) is 0 Å². The van der Waals surface area contributed by atoms with Crippen LogP contribution < -0.4 is 11.5 Å². The van der Waals surface area contributed by atoms with Crippen LogP contribution in [0.25, 0.3) is 0 Å². The Balaban J connectivity index is 1.60. The summed E-state index contributed by atoms with van der Waals surface area (Å²) in [5.74, 6) is 1.53. The molecule has 0 unspecified atom stereocenters. The number of nitrogens with two attached hydrogens (primary N) is 2. The number of carbonyl (C=O) groups is 2. The average Bonchev–Trinajstić information content (AvgIpc) is 3.21. The van der Waals surface area contributed by atoms with Crippen molar-refractivity contribution in [1.82, 2.24) is 4.90 Å². The van der Waals surface area contributed by atoms with Crippen molar-refractivity contribution in [3.8, 4) is 0 Å². The first-order valence-electron chi connectivity index (χ1n) is 9.61. The maximum Gasteiger partial charge on any atom is 0.240 e. The van der Waals surface area contributed by atoms with Crippen LogP contribution >= 0.6 is 11.8 Å². The predicted octanol–water partition coefficient (Wildman–Crippen LogP) is 1.30. The van der Waals surface area contributed by atoms with Crippen molar-refractivity contribution in [1.29, 1.82) is 0 Å². The number of hydrogen-bond donors (Lipinski definition) is 3. The Morgan fingerprint density at radius 3 is 2.56 bits per heavy atom. The second-order valence-electron chi connectivity index (χ2n) is 7.11. The van der Waals surface area contributed by atoms with Gasteiger partial charge in [-0.05, 0) is 24.8 Å². The predicted molar refractivity (Wildman–Crippen MR) is 109 cm³/mol. The molecule has 1 amide bonds. The highest BCUT2D eigenvalue weighted by molar-refractivity contribution is 7.99. The Labute approximate surface area is 165 Å². The number of unbranched alkanes of at least 4 members (excludes halogenated alkanes) is 2. The van der Waals surface area contributed by atoms with Crippen LogP contribution in [0.4, 0.5) is 0 Å². The zero-order valence-corrected chi connectivity index (χ0v) is 16.6. The molecule has 2 rings (SSSR count). The minimum Gasteiger partial charge on any atom is -0.384 e. The van der Waals surface area contributed by atoms with Crippen molar-refractivity contribution >= 4 is 23.5 Å². The number of rotatable bonds is 11. The van der Waals surface area contributed by atoms with E-state index >= 15 is 0 Å². The van der Waals surface area contributed by atoms with Crippen LogP contribution in [0.2, 0.25) is 0 Å². The molecule has 1 aliphatic rings. The Morgan fingerprint density at radius 1 is 1.15 bits per heavy atom. The molecule has 1 aliphatic heterocycles. The summed E-state index contributed by atoms with van der Waals surface area (Å²) in [6, 6.07) is 8.56. The van der Waals surface area contributed by atoms with E-state index in [-0.39, 0.29) is 11.7 Å². The molecule has 1 fully saturated rings. The normalized spacial score (nSPS) is 17.5. The van der Waals surface area contributed by atoms with Gasteiger partial charge in [0.15, 0.2) is 5.78 Å². The molecule has 0 radical (unpaired) electrons. The Bertz CT molecular complexity index is 593. The number of Topliss-reactive ketones (excluding diaryl/α,β-unsaturated/α-hetero) is 1. The molecule has 0 saturated carbocycles. The number of ketones is 1. The summed E-state index contributed by atoms with van der Waals surface area (Å²) in [5.41, 5.74) is 13.0. The lowest BCUT2D eigenvalue weighted by molar-refractivity contribution is -0.131. The van der Waals surface area contributed by atoms with Crippen LogP contribution in [-0.4, -0.2) is 58.1 Å². The summed E-state index contributed by atoms with van der Waals surface area (Å²) in [6.07, 6.45) is 2.55. The third-order valence-corrected chi connectivity index (χ3v) is 5.84. The molecule has 7 heteroatoms. The van der Waals surface area contributed by atoms with E-state index in [2.05, 4.69) is 0 Å². The van der Waals surface area contributed by atoms with E-state index in [0.29, 0.717) is 25.7 Å². The van der Waals surface area contributed by atoms with E-state index in [1.807, 2.05) is 35.2 Å². The topological polar surface area (TPSA) is 110 Å². The molecule has 1 saturated heterocycles. The lowest BCUT2D eigenvalue weighted by Crippen LogP contribution is -2.42. The van der Waals surface area contributed by atoms with Gasteiger partial charge in [-0.15, -0.1) is 11.8 Å². The minimum absolute atomic E-state index is 0.0263. The molecule has 0 aromatic heterocycles. The van der Waals surface area contributed by atoms with Crippen LogP contribution in [0.1, 0.15) is 37.7 Å². The Morgan fingerprint density at radius 2 is 1.89 bits per heavy atom. The summed E-state index contributed by atoms with van der Waals surface area (Å²) in [6.45, 7) is 0.785. The molecule has 1 heterocycles. The number of hydrogen-bond acceptors (Lipinski definition) is 6. The van der Waals surface area contributed by atoms with Crippen molar-refractivity contribution in [2.45, 2.75) is 56.7 Å². The molecule has 1 aromatic rings. The standard InChI is InChI=1S/C20H31N3O3S/c21-16(20(26)23-11-12-27-14-23)9-5-2-6-10-18(24)19(25)17(22)13-15-7-3-1-4-8-15/h1,3-4,7-8,16-17,19,25H,2,5-6,9-14,21-22H2/t16-,17+,19+/m0/s1. The van der Waals surface area contributed by atoms with Crippen LogP contribution in [0.3, 0.4) is 0 Å². The Kier molecular flexibility index (Phi) is 9.27. The fourth-order valence-corrected chi connectivity index (χ4v) is 4.13. The zero-order chi connectivity index (χ0) is 19.6. The number of amides is 1. The third kappa shape index (κ3) is 7.25. The quantitative estimate of drug-likeness (QED) is 0.489. The van der Waals surface area contributed by atoms with Gasteiger partial charge in [0.25, 0.3) is 0 Å². The van der Waals surface area contributed by atoms with Crippen molar-refractivity contribution < 1.29 is 14.7 Å². The number of aliphatic hydroxyl groups is 1. The molecule has 1 aromatic carbocycles. The summed E-state index contributed by atoms with van der Waals surface area (Å²) < 4.78 is 0. The van der Waals surface area contributed by atoms with Gasteiger partial charge in [-0.1, -0.05) is 43.2 Å². The number of benzene rings is 1. The molecule has 6 nitrogen and oxygen atoms in total. The first-order chi connectivity index (χ1) is 13.0. The zero-order valence-electron chi connectivity index (χ0n) is 15.8. The highest BCUT2D eigenvalue weighted by atomic mass is 32.2. The smallest absolute Gasteiger partial charge is 0.240 e. The highest BCUT2D eigenvalue weighted by Gasteiger charge is 2.24. The van der Waals surface area contributed by atoms with Crippen LogP contribution in [-0.2, 0) is 16.0 Å². The second-order valence-corrected chi connectivity index (χ2v) is 8.18. The maximum atomic E-state index is 12.1. The van der Waals surface area contributed by atoms with Crippen molar-refractivity contribution in [2.24, 2.45) is 11.5 Å². The lowest BCUT2D eigenvalue weighted by Gasteiger charge is -2.19. The molecular formula is C20H31N3O3S. The van der Waals surface area contributed by atoms with Crippen molar-refractivity contribution in [3.63, 3.8) is 0 Å². The van der Waals surface area contributed by atoms with Crippen LogP contribution in [0.15, 0.2) is 30.3 Å². The molecule has 0 bridgehead atoms. The summed E-state index contributed by atoms with van der Waals surface area (Å²) >= 11 is 1.75. The van der Waals surface area contributed by atoms with Gasteiger partial charge < -0.3 is 21.5 Å². The van der Waals surface area contributed by atoms with Crippen LogP contribution in [0, 0.1) is 0 Å². The molecule has 0 aliphatic carbocycles. The first-order valence-corrected chi connectivity index (χ1v) is 10.8. The van der Waals surface area contributed by atoms with E-state index in [9.17, 15) is 14.7 Å². The van der Waals surface area contributed by atoms with Gasteiger partial charge in [-0.3, -0.25) is 9.59 Å². The third-order valence-electron chi connectivity index (χ3n) is 4.87. The molecule has 5 N–H and O–H groups in total. The van der Waals surface area contributed by atoms with Gasteiger partial charge in [-0.25, -0.2) is 0 Å². The van der Waals surface area contributed by atoms with E-state index in [4.69, 9.17) is 11.5 Å². The van der Waals surface area contributed by atoms with E-state index in [0.717, 1.165) is 36.6 Å². The summed E-state index contributed by atoms with van der Waals surface area (Å²) in [4.78, 5) is 26.1. The SMILES string of the molecule is N[C@H](Cc1ccccc1)[C@@H](O)C(=O)CCCCC[C@H](N)C(=O)N1CCSC1. The molecule has 3 atom stereocenters. The highest BCUT2D eigenvalue weighted by Crippen LogP contribution is 2.16. The van der Waals surface area contributed by atoms with Gasteiger partial charge in [0.05, 0.1) is 11.9 Å². The molecule has 150 valence electrons. The number of nitrogens with zero attached hydrogens (tertiary/aromatic N) is 1. The fourth-order valence-electron chi connectivity index (χ4n) is 3.17. The molecule has 27 heavy (non-hydrogen) atoms. The second kappa shape index (κ2) is 11.4. The Hall–Kier alpha value is -1.41. The van der Waals surface area contributed by atoms with E-state index in [1.165, 1.54) is 0 Å². The van der Waals surface area contributed by atoms with Crippen molar-refractivity contribution in [3.05, 3.63) is 35.9 Å². The van der Waals surface area contributed by atoms with Gasteiger partial charge in [0, 0.05) is 24.8 Å². The number of carbonyl (C=O) groups excluding carboxylic acids is 2. The number of aliphatic hydroxyl groups excluding tert-OH is 1. The summed E-state index contributed by atoms with van der Waals surface area (Å²) in [5, 5.41) is 10.1. The molecular weight excluding hydrogens is 362 g/mol. The van der Waals surface area contributed by atoms with Gasteiger partial charge >= 0.3 is 0 Å².